The molecule has 1 aromatic carbocycles. The molecule has 0 spiro atoms. The molecule has 1 aromatic rings. The lowest BCUT2D eigenvalue weighted by atomic mass is 10.0. The van der Waals surface area contributed by atoms with Gasteiger partial charge in [-0.15, -0.1) is 0 Å². The van der Waals surface area contributed by atoms with Crippen LogP contribution in [0.2, 0.25) is 0 Å². The highest BCUT2D eigenvalue weighted by Gasteiger charge is 2.50. The van der Waals surface area contributed by atoms with E-state index in [4.69, 9.17) is 14.2 Å². The van der Waals surface area contributed by atoms with Gasteiger partial charge in [-0.2, -0.15) is 0 Å². The molecule has 0 unspecified atom stereocenters. The first-order valence-electron chi connectivity index (χ1n) is 5.68. The van der Waals surface area contributed by atoms with Gasteiger partial charge in [-0.05, 0) is 19.4 Å². The maximum Gasteiger partial charge on any atom is 0.164 e. The van der Waals surface area contributed by atoms with Gasteiger partial charge in [0, 0.05) is 0 Å². The second-order valence-corrected chi connectivity index (χ2v) is 4.80. The summed E-state index contributed by atoms with van der Waals surface area (Å²) in [5.41, 5.74) is 1.16. The fourth-order valence-electron chi connectivity index (χ4n) is 2.21. The van der Waals surface area contributed by atoms with Crippen molar-refractivity contribution in [3.05, 3.63) is 35.9 Å². The molecule has 2 heterocycles. The third-order valence-electron chi connectivity index (χ3n) is 2.98. The third kappa shape index (κ3) is 1.86. The topological polar surface area (TPSA) is 31.0 Å². The summed E-state index contributed by atoms with van der Waals surface area (Å²) in [6, 6.07) is 10.2. The summed E-state index contributed by atoms with van der Waals surface area (Å²) in [7, 11) is 0. The Labute approximate surface area is 95.3 Å². The number of hydrogen-bond donors (Lipinski definition) is 0. The van der Waals surface area contributed by atoms with Crippen LogP contribution in [-0.2, 0) is 14.2 Å². The molecule has 3 atom stereocenters. The number of ether oxygens (including phenoxy) is 3. The van der Waals surface area contributed by atoms with Crippen LogP contribution >= 0.6 is 0 Å². The van der Waals surface area contributed by atoms with Gasteiger partial charge < -0.3 is 14.2 Å². The Morgan fingerprint density at radius 3 is 2.44 bits per heavy atom. The zero-order chi connectivity index (χ0) is 11.2. The van der Waals surface area contributed by atoms with Crippen molar-refractivity contribution in [2.24, 2.45) is 0 Å². The van der Waals surface area contributed by atoms with Gasteiger partial charge >= 0.3 is 0 Å². The van der Waals surface area contributed by atoms with E-state index in [0.717, 1.165) is 12.2 Å². The Balaban J connectivity index is 1.87. The summed E-state index contributed by atoms with van der Waals surface area (Å²) in [5.74, 6) is -0.517. The molecular formula is C13H16O3. The molecule has 2 fully saturated rings. The quantitative estimate of drug-likeness (QED) is 0.716. The smallest absolute Gasteiger partial charge is 0.164 e. The highest BCUT2D eigenvalue weighted by molar-refractivity contribution is 5.20. The fraction of sp³-hybridized carbons (Fsp3) is 0.538. The van der Waals surface area contributed by atoms with E-state index in [1.54, 1.807) is 0 Å². The Kier molecular flexibility index (Phi) is 2.28. The minimum absolute atomic E-state index is 0.0105. The molecule has 0 aliphatic carbocycles. The van der Waals surface area contributed by atoms with Crippen molar-refractivity contribution in [3.63, 3.8) is 0 Å². The lowest BCUT2D eigenvalue weighted by Crippen LogP contribution is -2.24. The Morgan fingerprint density at radius 2 is 1.81 bits per heavy atom. The summed E-state index contributed by atoms with van der Waals surface area (Å²) < 4.78 is 17.2. The maximum atomic E-state index is 5.95. The molecule has 0 bridgehead atoms. The fourth-order valence-corrected chi connectivity index (χ4v) is 2.21. The Bertz CT molecular complexity index is 370. The van der Waals surface area contributed by atoms with Crippen LogP contribution in [0.3, 0.4) is 0 Å². The van der Waals surface area contributed by atoms with E-state index in [9.17, 15) is 0 Å². The van der Waals surface area contributed by atoms with Gasteiger partial charge in [0.1, 0.15) is 18.3 Å². The maximum absolute atomic E-state index is 5.95. The van der Waals surface area contributed by atoms with E-state index >= 15 is 0 Å². The van der Waals surface area contributed by atoms with Crippen molar-refractivity contribution >= 4 is 0 Å². The van der Waals surface area contributed by atoms with Crippen LogP contribution in [0, 0.1) is 0 Å². The van der Waals surface area contributed by atoms with Crippen molar-refractivity contribution in [2.45, 2.75) is 37.9 Å². The standard InChI is InChI=1S/C13H16O3/c1-13(2)15-11(9-6-4-3-5-7-9)12(16-13)10-8-14-10/h3-7,10-12H,8H2,1-2H3/t10-,11-,12+/m1/s1. The van der Waals surface area contributed by atoms with Crippen LogP contribution in [0.4, 0.5) is 0 Å². The van der Waals surface area contributed by atoms with E-state index in [-0.39, 0.29) is 18.3 Å². The van der Waals surface area contributed by atoms with E-state index in [1.165, 1.54) is 0 Å². The van der Waals surface area contributed by atoms with E-state index < -0.39 is 5.79 Å². The summed E-state index contributed by atoms with van der Waals surface area (Å²) in [4.78, 5) is 0. The zero-order valence-electron chi connectivity index (χ0n) is 9.55. The minimum Gasteiger partial charge on any atom is -0.370 e. The SMILES string of the molecule is CC1(C)O[C@@H]([C@H]2CO2)[C@@H](c2ccccc2)O1. The zero-order valence-corrected chi connectivity index (χ0v) is 9.55. The molecule has 0 radical (unpaired) electrons. The number of benzene rings is 1. The number of epoxide rings is 1. The molecule has 16 heavy (non-hydrogen) atoms. The van der Waals surface area contributed by atoms with Crippen molar-refractivity contribution in [1.82, 2.24) is 0 Å². The molecule has 0 aromatic heterocycles. The van der Waals surface area contributed by atoms with Crippen LogP contribution < -0.4 is 0 Å². The van der Waals surface area contributed by atoms with Gasteiger partial charge in [0.2, 0.25) is 0 Å². The van der Waals surface area contributed by atoms with Gasteiger partial charge in [0.25, 0.3) is 0 Å². The molecular weight excluding hydrogens is 204 g/mol. The molecule has 2 aliphatic rings. The highest BCUT2D eigenvalue weighted by atomic mass is 16.8. The molecule has 2 saturated heterocycles. The summed E-state index contributed by atoms with van der Waals surface area (Å²) in [6.07, 6.45) is 0.216. The van der Waals surface area contributed by atoms with Gasteiger partial charge in [-0.1, -0.05) is 30.3 Å². The van der Waals surface area contributed by atoms with Gasteiger partial charge in [-0.25, -0.2) is 0 Å². The highest BCUT2D eigenvalue weighted by Crippen LogP contribution is 2.42. The minimum atomic E-state index is -0.517. The molecule has 3 rings (SSSR count). The summed E-state index contributed by atoms with van der Waals surface area (Å²) >= 11 is 0. The molecule has 2 aliphatic heterocycles. The van der Waals surface area contributed by atoms with Gasteiger partial charge in [0.15, 0.2) is 5.79 Å². The van der Waals surface area contributed by atoms with E-state index in [0.29, 0.717) is 0 Å². The van der Waals surface area contributed by atoms with Crippen molar-refractivity contribution < 1.29 is 14.2 Å². The largest absolute Gasteiger partial charge is 0.370 e. The summed E-state index contributed by atoms with van der Waals surface area (Å²) in [5, 5.41) is 0. The van der Waals surface area contributed by atoms with Crippen molar-refractivity contribution in [1.29, 1.82) is 0 Å². The van der Waals surface area contributed by atoms with Gasteiger partial charge in [0.05, 0.1) is 6.61 Å². The van der Waals surface area contributed by atoms with Crippen molar-refractivity contribution in [3.8, 4) is 0 Å². The van der Waals surface area contributed by atoms with Crippen LogP contribution in [0.5, 0.6) is 0 Å². The molecule has 86 valence electrons. The first-order chi connectivity index (χ1) is 7.66. The first-order valence-corrected chi connectivity index (χ1v) is 5.68. The molecule has 3 nitrogen and oxygen atoms in total. The molecule has 0 saturated carbocycles. The van der Waals surface area contributed by atoms with Crippen LogP contribution in [0.25, 0.3) is 0 Å². The molecule has 0 amide bonds. The second-order valence-electron chi connectivity index (χ2n) is 4.80. The van der Waals surface area contributed by atoms with E-state index in [1.807, 2.05) is 32.0 Å². The lowest BCUT2D eigenvalue weighted by Gasteiger charge is -2.16. The van der Waals surface area contributed by atoms with Crippen LogP contribution in [0.15, 0.2) is 30.3 Å². The average Bonchev–Trinajstić information content (AvgIpc) is 3.04. The predicted octanol–water partition coefficient (Wildman–Crippen LogP) is 2.28. The average molecular weight is 220 g/mol. The van der Waals surface area contributed by atoms with Gasteiger partial charge in [-0.3, -0.25) is 0 Å². The monoisotopic (exact) mass is 220 g/mol. The Morgan fingerprint density at radius 1 is 1.12 bits per heavy atom. The Hall–Kier alpha value is -0.900. The normalized spacial score (nSPS) is 36.2. The summed E-state index contributed by atoms with van der Waals surface area (Å²) in [6.45, 7) is 4.68. The third-order valence-corrected chi connectivity index (χ3v) is 2.98. The molecule has 0 N–H and O–H groups in total. The first kappa shape index (κ1) is 10.3. The predicted molar refractivity (Wildman–Crippen MR) is 59.0 cm³/mol. The van der Waals surface area contributed by atoms with Crippen LogP contribution in [-0.4, -0.2) is 24.6 Å². The van der Waals surface area contributed by atoms with E-state index in [2.05, 4.69) is 12.1 Å². The van der Waals surface area contributed by atoms with Crippen molar-refractivity contribution in [2.75, 3.05) is 6.61 Å². The second kappa shape index (κ2) is 3.55. The number of rotatable bonds is 2. The number of hydrogen-bond acceptors (Lipinski definition) is 3. The molecule has 3 heteroatoms. The lowest BCUT2D eigenvalue weighted by molar-refractivity contribution is -0.148. The van der Waals surface area contributed by atoms with Crippen LogP contribution in [0.1, 0.15) is 25.5 Å².